The van der Waals surface area contributed by atoms with Crippen molar-refractivity contribution in [1.29, 1.82) is 0 Å². The monoisotopic (exact) mass is 334 g/mol. The Hall–Kier alpha value is -2.50. The predicted molar refractivity (Wildman–Crippen MR) is 95.9 cm³/mol. The van der Waals surface area contributed by atoms with Gasteiger partial charge in [-0.2, -0.15) is 0 Å². The summed E-state index contributed by atoms with van der Waals surface area (Å²) in [5.41, 5.74) is 4.04. The largest absolute Gasteiger partial charge is 0.471 e. The third kappa shape index (κ3) is 2.09. The van der Waals surface area contributed by atoms with Crippen molar-refractivity contribution in [2.45, 2.75) is 0 Å². The van der Waals surface area contributed by atoms with Crippen LogP contribution in [0.5, 0.6) is 0 Å². The molecule has 2 aromatic carbocycles. The molecule has 0 aliphatic rings. The van der Waals surface area contributed by atoms with E-state index in [0.717, 1.165) is 32.2 Å². The highest BCUT2D eigenvalue weighted by molar-refractivity contribution is 7.22. The maximum absolute atomic E-state index is 5.48. The van der Waals surface area contributed by atoms with Crippen LogP contribution in [0.2, 0.25) is 0 Å². The van der Waals surface area contributed by atoms with E-state index in [2.05, 4.69) is 12.1 Å². The number of para-hydroxylation sites is 2. The summed E-state index contributed by atoms with van der Waals surface area (Å²) in [7, 11) is 0. The van der Waals surface area contributed by atoms with Gasteiger partial charge in [0.15, 0.2) is 0 Å². The van der Waals surface area contributed by atoms with Gasteiger partial charge >= 0.3 is 0 Å². The number of nitrogens with zero attached hydrogens (tertiary/aromatic N) is 2. The second-order valence-corrected chi connectivity index (χ2v) is 7.23. The van der Waals surface area contributed by atoms with E-state index in [4.69, 9.17) is 14.4 Å². The molecular formula is C18H10N2OS2. The van der Waals surface area contributed by atoms with Crippen LogP contribution in [-0.2, 0) is 0 Å². The van der Waals surface area contributed by atoms with E-state index in [1.807, 2.05) is 36.4 Å². The van der Waals surface area contributed by atoms with Gasteiger partial charge in [-0.1, -0.05) is 24.3 Å². The van der Waals surface area contributed by atoms with Gasteiger partial charge in [-0.15, -0.1) is 22.7 Å². The molecule has 0 atom stereocenters. The molecule has 0 aliphatic heterocycles. The quantitative estimate of drug-likeness (QED) is 0.407. The van der Waals surface area contributed by atoms with Crippen LogP contribution in [0.15, 0.2) is 65.5 Å². The lowest BCUT2D eigenvalue weighted by atomic mass is 10.2. The Balaban J connectivity index is 1.69. The molecule has 3 heterocycles. The first-order valence-electron chi connectivity index (χ1n) is 7.16. The Bertz CT molecular complexity index is 982. The van der Waals surface area contributed by atoms with Crippen molar-refractivity contribution >= 4 is 43.1 Å². The van der Waals surface area contributed by atoms with E-state index in [9.17, 15) is 0 Å². The lowest BCUT2D eigenvalue weighted by Crippen LogP contribution is -1.78. The first-order valence-corrected chi connectivity index (χ1v) is 8.80. The number of hydrogen-bond donors (Lipinski definition) is 0. The van der Waals surface area contributed by atoms with Crippen LogP contribution < -0.4 is 0 Å². The van der Waals surface area contributed by atoms with E-state index in [0.29, 0.717) is 0 Å². The summed E-state index contributed by atoms with van der Waals surface area (Å²) >= 11 is 3.35. The molecule has 110 valence electrons. The Morgan fingerprint density at radius 1 is 0.652 bits per heavy atom. The van der Waals surface area contributed by atoms with Crippen LogP contribution in [0.1, 0.15) is 0 Å². The Morgan fingerprint density at radius 3 is 1.61 bits per heavy atom. The van der Waals surface area contributed by atoms with Gasteiger partial charge in [0.2, 0.25) is 0 Å². The average Bonchev–Trinajstić information content (AvgIpc) is 3.30. The fourth-order valence-corrected chi connectivity index (χ4v) is 4.57. The van der Waals surface area contributed by atoms with E-state index in [1.54, 1.807) is 35.2 Å². The SMILES string of the molecule is c1ccc2sc(-c3cocc3-c3nc4ccccc4s3)nc2c1. The Morgan fingerprint density at radius 2 is 1.13 bits per heavy atom. The maximum atomic E-state index is 5.48. The van der Waals surface area contributed by atoms with Crippen molar-refractivity contribution in [3.63, 3.8) is 0 Å². The second-order valence-electron chi connectivity index (χ2n) is 5.17. The summed E-state index contributed by atoms with van der Waals surface area (Å²) in [6, 6.07) is 16.3. The minimum atomic E-state index is 0.967. The van der Waals surface area contributed by atoms with Crippen molar-refractivity contribution in [1.82, 2.24) is 9.97 Å². The summed E-state index contributed by atoms with van der Waals surface area (Å²) in [5.74, 6) is 0. The molecule has 5 rings (SSSR count). The molecule has 0 amide bonds. The number of rotatable bonds is 2. The van der Waals surface area contributed by atoms with Crippen molar-refractivity contribution in [2.75, 3.05) is 0 Å². The Labute approximate surface area is 139 Å². The van der Waals surface area contributed by atoms with E-state index in [-0.39, 0.29) is 0 Å². The van der Waals surface area contributed by atoms with Crippen LogP contribution in [0.4, 0.5) is 0 Å². The molecule has 5 aromatic rings. The summed E-state index contributed by atoms with van der Waals surface area (Å²) < 4.78 is 7.84. The molecule has 0 spiro atoms. The lowest BCUT2D eigenvalue weighted by Gasteiger charge is -1.94. The van der Waals surface area contributed by atoms with E-state index >= 15 is 0 Å². The number of hydrogen-bond acceptors (Lipinski definition) is 5. The third-order valence-corrected chi connectivity index (χ3v) is 5.85. The molecule has 0 fully saturated rings. The average molecular weight is 334 g/mol. The van der Waals surface area contributed by atoms with Gasteiger partial charge in [0.1, 0.15) is 22.5 Å². The van der Waals surface area contributed by atoms with Gasteiger partial charge in [0.05, 0.1) is 31.6 Å². The summed E-state index contributed by atoms with van der Waals surface area (Å²) in [4.78, 5) is 9.46. The zero-order valence-electron chi connectivity index (χ0n) is 11.9. The van der Waals surface area contributed by atoms with Crippen molar-refractivity contribution in [3.8, 4) is 21.1 Å². The fraction of sp³-hybridized carbons (Fsp3) is 0. The minimum absolute atomic E-state index is 0.967. The molecular weight excluding hydrogens is 324 g/mol. The smallest absolute Gasteiger partial charge is 0.128 e. The number of benzene rings is 2. The molecule has 3 nitrogen and oxygen atoms in total. The Kier molecular flexibility index (Phi) is 2.83. The highest BCUT2D eigenvalue weighted by Crippen LogP contribution is 2.39. The first-order chi connectivity index (χ1) is 11.4. The maximum Gasteiger partial charge on any atom is 0.128 e. The number of furan rings is 1. The zero-order valence-corrected chi connectivity index (χ0v) is 13.5. The lowest BCUT2D eigenvalue weighted by molar-refractivity contribution is 0.569. The number of fused-ring (bicyclic) bond motifs is 2. The van der Waals surface area contributed by atoms with Crippen molar-refractivity contribution in [3.05, 3.63) is 61.1 Å². The molecule has 0 bridgehead atoms. The molecule has 0 N–H and O–H groups in total. The van der Waals surface area contributed by atoms with Crippen LogP contribution in [-0.4, -0.2) is 9.97 Å². The molecule has 5 heteroatoms. The highest BCUT2D eigenvalue weighted by atomic mass is 32.1. The topological polar surface area (TPSA) is 38.9 Å². The fourth-order valence-electron chi connectivity index (χ4n) is 2.60. The van der Waals surface area contributed by atoms with Gasteiger partial charge in [-0.05, 0) is 24.3 Å². The van der Waals surface area contributed by atoms with E-state index in [1.165, 1.54) is 9.40 Å². The van der Waals surface area contributed by atoms with Crippen LogP contribution in [0.25, 0.3) is 41.6 Å². The highest BCUT2D eigenvalue weighted by Gasteiger charge is 2.17. The van der Waals surface area contributed by atoms with Gasteiger partial charge in [-0.25, -0.2) is 9.97 Å². The summed E-state index contributed by atoms with van der Waals surface area (Å²) in [6.07, 6.45) is 3.53. The van der Waals surface area contributed by atoms with Crippen molar-refractivity contribution in [2.24, 2.45) is 0 Å². The molecule has 0 saturated heterocycles. The normalized spacial score (nSPS) is 11.5. The third-order valence-electron chi connectivity index (χ3n) is 3.71. The molecule has 3 aromatic heterocycles. The van der Waals surface area contributed by atoms with Crippen molar-refractivity contribution < 1.29 is 4.42 Å². The molecule has 0 unspecified atom stereocenters. The summed E-state index contributed by atoms with van der Waals surface area (Å²) in [5, 5.41) is 1.93. The number of thiazole rings is 2. The predicted octanol–water partition coefficient (Wildman–Crippen LogP) is 5.83. The second kappa shape index (κ2) is 5.01. The molecule has 0 saturated carbocycles. The molecule has 0 radical (unpaired) electrons. The van der Waals surface area contributed by atoms with Gasteiger partial charge < -0.3 is 4.42 Å². The van der Waals surface area contributed by atoms with Gasteiger partial charge in [0.25, 0.3) is 0 Å². The number of aromatic nitrogens is 2. The summed E-state index contributed by atoms with van der Waals surface area (Å²) in [6.45, 7) is 0. The zero-order chi connectivity index (χ0) is 15.2. The first kappa shape index (κ1) is 13.0. The molecule has 0 aliphatic carbocycles. The molecule has 23 heavy (non-hydrogen) atoms. The standard InChI is InChI=1S/C18H10N2OS2/c1-3-7-15-13(5-1)19-17(22-15)11-9-21-10-12(11)18-20-14-6-2-4-8-16(14)23-18/h1-10H. The van der Waals surface area contributed by atoms with Crippen LogP contribution in [0, 0.1) is 0 Å². The van der Waals surface area contributed by atoms with Gasteiger partial charge in [0, 0.05) is 0 Å². The minimum Gasteiger partial charge on any atom is -0.471 e. The van der Waals surface area contributed by atoms with Crippen LogP contribution in [0.3, 0.4) is 0 Å². The van der Waals surface area contributed by atoms with Gasteiger partial charge in [-0.3, -0.25) is 0 Å². The van der Waals surface area contributed by atoms with E-state index < -0.39 is 0 Å². The van der Waals surface area contributed by atoms with Crippen LogP contribution >= 0.6 is 22.7 Å².